The molecule has 0 atom stereocenters. The highest BCUT2D eigenvalue weighted by Gasteiger charge is 2.05. The van der Waals surface area contributed by atoms with Crippen molar-refractivity contribution in [1.29, 1.82) is 0 Å². The molecule has 3 heteroatoms. The molecule has 0 fully saturated rings. The highest BCUT2D eigenvalue weighted by atomic mass is 16.5. The second kappa shape index (κ2) is 2.94. The Balaban J connectivity index is 2.53. The molecule has 1 aromatic carbocycles. The van der Waals surface area contributed by atoms with E-state index in [9.17, 15) is 0 Å². The number of nitrogens with zero attached hydrogens (tertiary/aromatic N) is 1. The zero-order valence-electron chi connectivity index (χ0n) is 7.32. The van der Waals surface area contributed by atoms with Crippen molar-refractivity contribution < 1.29 is 4.52 Å². The van der Waals surface area contributed by atoms with Crippen LogP contribution in [0.15, 0.2) is 35.0 Å². The summed E-state index contributed by atoms with van der Waals surface area (Å²) in [5.41, 5.74) is 8.68. The average molecular weight is 174 g/mol. The lowest BCUT2D eigenvalue weighted by Gasteiger charge is -1.98. The Hall–Kier alpha value is -1.77. The maximum atomic E-state index is 5.59. The average Bonchev–Trinajstić information content (AvgIpc) is 2.51. The molecule has 2 rings (SSSR count). The van der Waals surface area contributed by atoms with Gasteiger partial charge < -0.3 is 10.3 Å². The van der Waals surface area contributed by atoms with E-state index >= 15 is 0 Å². The van der Waals surface area contributed by atoms with Gasteiger partial charge in [0.25, 0.3) is 0 Å². The number of hydrogen-bond acceptors (Lipinski definition) is 3. The van der Waals surface area contributed by atoms with Gasteiger partial charge in [-0.2, -0.15) is 0 Å². The Kier molecular flexibility index (Phi) is 1.77. The van der Waals surface area contributed by atoms with Crippen molar-refractivity contribution in [2.75, 3.05) is 5.73 Å². The number of anilines is 1. The number of benzene rings is 1. The van der Waals surface area contributed by atoms with E-state index in [2.05, 4.69) is 5.16 Å². The summed E-state index contributed by atoms with van der Waals surface area (Å²) in [6.45, 7) is 2.03. The Labute approximate surface area is 76.2 Å². The lowest BCUT2D eigenvalue weighted by atomic mass is 10.1. The Morgan fingerprint density at radius 3 is 2.85 bits per heavy atom. The Morgan fingerprint density at radius 2 is 2.23 bits per heavy atom. The molecule has 0 aliphatic rings. The van der Waals surface area contributed by atoms with Crippen LogP contribution in [-0.4, -0.2) is 5.16 Å². The molecule has 2 N–H and O–H groups in total. The van der Waals surface area contributed by atoms with Crippen molar-refractivity contribution in [3.05, 3.63) is 36.0 Å². The predicted octanol–water partition coefficient (Wildman–Crippen LogP) is 2.23. The van der Waals surface area contributed by atoms with Gasteiger partial charge in [-0.15, -0.1) is 0 Å². The minimum absolute atomic E-state index is 0.366. The molecule has 0 amide bonds. The van der Waals surface area contributed by atoms with E-state index in [0.29, 0.717) is 5.88 Å². The molecule has 0 aliphatic carbocycles. The zero-order chi connectivity index (χ0) is 9.26. The van der Waals surface area contributed by atoms with E-state index in [1.807, 2.05) is 31.2 Å². The first-order valence-corrected chi connectivity index (χ1v) is 4.04. The van der Waals surface area contributed by atoms with Crippen LogP contribution in [0.4, 0.5) is 5.88 Å². The quantitative estimate of drug-likeness (QED) is 0.721. The Morgan fingerprint density at radius 1 is 1.38 bits per heavy atom. The molecule has 0 unspecified atom stereocenters. The molecule has 13 heavy (non-hydrogen) atoms. The van der Waals surface area contributed by atoms with E-state index < -0.39 is 0 Å². The summed E-state index contributed by atoms with van der Waals surface area (Å²) in [5.74, 6) is 0.366. The molecule has 0 saturated carbocycles. The number of hydrogen-bond donors (Lipinski definition) is 1. The summed E-state index contributed by atoms with van der Waals surface area (Å²) in [6.07, 6.45) is 1.63. The smallest absolute Gasteiger partial charge is 0.229 e. The lowest BCUT2D eigenvalue weighted by Crippen LogP contribution is -1.84. The maximum absolute atomic E-state index is 5.59. The third kappa shape index (κ3) is 1.40. The van der Waals surface area contributed by atoms with Crippen LogP contribution in [0.5, 0.6) is 0 Å². The van der Waals surface area contributed by atoms with Gasteiger partial charge >= 0.3 is 0 Å². The van der Waals surface area contributed by atoms with E-state index in [-0.39, 0.29) is 0 Å². The van der Waals surface area contributed by atoms with Gasteiger partial charge in [-0.25, -0.2) is 0 Å². The minimum atomic E-state index is 0.366. The SMILES string of the molecule is Cc1cccc(-c2cnoc2N)c1. The van der Waals surface area contributed by atoms with E-state index in [1.165, 1.54) is 5.56 Å². The van der Waals surface area contributed by atoms with Crippen LogP contribution < -0.4 is 5.73 Å². The fourth-order valence-electron chi connectivity index (χ4n) is 1.28. The molecule has 0 spiro atoms. The van der Waals surface area contributed by atoms with Gasteiger partial charge in [-0.1, -0.05) is 35.0 Å². The van der Waals surface area contributed by atoms with Gasteiger partial charge in [0.1, 0.15) is 0 Å². The van der Waals surface area contributed by atoms with Gasteiger partial charge in [-0.05, 0) is 12.5 Å². The molecule has 1 aromatic heterocycles. The fraction of sp³-hybridized carbons (Fsp3) is 0.100. The number of nitrogens with two attached hydrogens (primary N) is 1. The molecule has 1 heterocycles. The van der Waals surface area contributed by atoms with Gasteiger partial charge in [-0.3, -0.25) is 0 Å². The third-order valence-corrected chi connectivity index (χ3v) is 1.93. The van der Waals surface area contributed by atoms with Crippen LogP contribution in [0.3, 0.4) is 0 Å². The normalized spacial score (nSPS) is 10.2. The molecule has 0 saturated heterocycles. The molecule has 0 aliphatic heterocycles. The third-order valence-electron chi connectivity index (χ3n) is 1.93. The predicted molar refractivity (Wildman–Crippen MR) is 51.1 cm³/mol. The maximum Gasteiger partial charge on any atom is 0.229 e. The first kappa shape index (κ1) is 7.86. The lowest BCUT2D eigenvalue weighted by molar-refractivity contribution is 0.436. The van der Waals surface area contributed by atoms with Gasteiger partial charge in [0, 0.05) is 0 Å². The monoisotopic (exact) mass is 174 g/mol. The van der Waals surface area contributed by atoms with Gasteiger partial charge in [0.2, 0.25) is 5.88 Å². The van der Waals surface area contributed by atoms with Crippen LogP contribution in [0.2, 0.25) is 0 Å². The second-order valence-corrected chi connectivity index (χ2v) is 2.97. The largest absolute Gasteiger partial charge is 0.367 e. The van der Waals surface area contributed by atoms with Crippen LogP contribution >= 0.6 is 0 Å². The summed E-state index contributed by atoms with van der Waals surface area (Å²) >= 11 is 0. The molecule has 66 valence electrons. The highest BCUT2D eigenvalue weighted by Crippen LogP contribution is 2.25. The summed E-state index contributed by atoms with van der Waals surface area (Å²) in [4.78, 5) is 0. The van der Waals surface area contributed by atoms with Crippen LogP contribution in [0.25, 0.3) is 11.1 Å². The highest BCUT2D eigenvalue weighted by molar-refractivity contribution is 5.72. The molecule has 0 bridgehead atoms. The summed E-state index contributed by atoms with van der Waals surface area (Å²) in [6, 6.07) is 8.04. The number of aromatic nitrogens is 1. The van der Waals surface area contributed by atoms with Crippen molar-refractivity contribution in [2.45, 2.75) is 6.92 Å². The second-order valence-electron chi connectivity index (χ2n) is 2.97. The van der Waals surface area contributed by atoms with Crippen molar-refractivity contribution >= 4 is 5.88 Å². The minimum Gasteiger partial charge on any atom is -0.367 e. The van der Waals surface area contributed by atoms with Crippen molar-refractivity contribution in [1.82, 2.24) is 5.16 Å². The standard InChI is InChI=1S/C10H10N2O/c1-7-3-2-4-8(5-7)9-6-12-13-10(9)11/h2-6H,11H2,1H3. The molecule has 2 aromatic rings. The van der Waals surface area contributed by atoms with E-state index in [1.54, 1.807) is 6.20 Å². The van der Waals surface area contributed by atoms with Crippen molar-refractivity contribution in [3.8, 4) is 11.1 Å². The van der Waals surface area contributed by atoms with Crippen molar-refractivity contribution in [3.63, 3.8) is 0 Å². The first-order chi connectivity index (χ1) is 6.27. The molecule has 0 radical (unpaired) electrons. The van der Waals surface area contributed by atoms with Crippen molar-refractivity contribution in [2.24, 2.45) is 0 Å². The van der Waals surface area contributed by atoms with Gasteiger partial charge in [0.05, 0.1) is 11.8 Å². The zero-order valence-corrected chi connectivity index (χ0v) is 7.32. The van der Waals surface area contributed by atoms with E-state index in [0.717, 1.165) is 11.1 Å². The first-order valence-electron chi connectivity index (χ1n) is 4.04. The number of rotatable bonds is 1. The summed E-state index contributed by atoms with van der Waals surface area (Å²) < 4.78 is 4.79. The molecular formula is C10H10N2O. The van der Waals surface area contributed by atoms with Gasteiger partial charge in [0.15, 0.2) is 0 Å². The van der Waals surface area contributed by atoms with E-state index in [4.69, 9.17) is 10.3 Å². The fourth-order valence-corrected chi connectivity index (χ4v) is 1.28. The van der Waals surface area contributed by atoms with Crippen LogP contribution in [0.1, 0.15) is 5.56 Å². The Bertz CT molecular complexity index is 420. The summed E-state index contributed by atoms with van der Waals surface area (Å²) in [7, 11) is 0. The molecular weight excluding hydrogens is 164 g/mol. The van der Waals surface area contributed by atoms with Crippen LogP contribution in [-0.2, 0) is 0 Å². The van der Waals surface area contributed by atoms with Crippen LogP contribution in [0, 0.1) is 6.92 Å². The topological polar surface area (TPSA) is 52.0 Å². The molecule has 3 nitrogen and oxygen atoms in total. The number of aryl methyl sites for hydroxylation is 1. The number of nitrogen functional groups attached to an aromatic ring is 1. The summed E-state index contributed by atoms with van der Waals surface area (Å²) in [5, 5.41) is 3.63.